The van der Waals surface area contributed by atoms with Crippen molar-refractivity contribution in [3.8, 4) is 11.3 Å². The number of amides is 1. The number of nitrogens with one attached hydrogen (secondary N) is 1. The lowest BCUT2D eigenvalue weighted by molar-refractivity contribution is 0.0952. The van der Waals surface area contributed by atoms with Crippen LogP contribution in [0.15, 0.2) is 22.7 Å². The van der Waals surface area contributed by atoms with Gasteiger partial charge in [0.25, 0.3) is 5.91 Å². The molecule has 0 aliphatic rings. The molecule has 2 rings (SSSR count). The fraction of sp³-hybridized carbons (Fsp3) is 0.286. The number of aromatic nitrogens is 1. The summed E-state index contributed by atoms with van der Waals surface area (Å²) in [4.78, 5) is 12.1. The van der Waals surface area contributed by atoms with E-state index in [0.717, 1.165) is 6.42 Å². The predicted molar refractivity (Wildman–Crippen MR) is 74.3 cm³/mol. The van der Waals surface area contributed by atoms with Gasteiger partial charge in [-0.15, -0.1) is 0 Å². The first-order chi connectivity index (χ1) is 9.56. The lowest BCUT2D eigenvalue weighted by Gasteiger charge is -2.06. The van der Waals surface area contributed by atoms with Crippen LogP contribution >= 0.6 is 11.6 Å². The molecule has 1 heterocycles. The highest BCUT2D eigenvalue weighted by atomic mass is 35.5. The van der Waals surface area contributed by atoms with Crippen LogP contribution in [0.1, 0.15) is 29.5 Å². The molecular formula is C14H14ClFN2O2. The first kappa shape index (κ1) is 14.5. The van der Waals surface area contributed by atoms with Crippen molar-refractivity contribution in [3.63, 3.8) is 0 Å². The number of aryl methyl sites for hydroxylation is 1. The first-order valence-electron chi connectivity index (χ1n) is 6.25. The molecule has 0 spiro atoms. The Morgan fingerprint density at radius 3 is 2.90 bits per heavy atom. The molecule has 6 heteroatoms. The van der Waals surface area contributed by atoms with Crippen molar-refractivity contribution in [1.29, 1.82) is 0 Å². The van der Waals surface area contributed by atoms with Crippen LogP contribution in [0.4, 0.5) is 4.39 Å². The van der Waals surface area contributed by atoms with E-state index in [2.05, 4.69) is 10.5 Å². The van der Waals surface area contributed by atoms with Gasteiger partial charge < -0.3 is 9.84 Å². The van der Waals surface area contributed by atoms with Crippen molar-refractivity contribution in [3.05, 3.63) is 40.4 Å². The number of halogens is 2. The number of benzene rings is 1. The van der Waals surface area contributed by atoms with Crippen LogP contribution in [0, 0.1) is 12.7 Å². The number of carbonyl (C=O) groups is 1. The molecule has 0 aliphatic carbocycles. The minimum Gasteiger partial charge on any atom is -0.360 e. The number of hydrogen-bond donors (Lipinski definition) is 1. The molecule has 106 valence electrons. The summed E-state index contributed by atoms with van der Waals surface area (Å²) in [5.41, 5.74) is 0.414. The van der Waals surface area contributed by atoms with Gasteiger partial charge in [-0.05, 0) is 25.5 Å². The summed E-state index contributed by atoms with van der Waals surface area (Å²) < 4.78 is 19.0. The smallest absolute Gasteiger partial charge is 0.257 e. The molecule has 0 fully saturated rings. The highest BCUT2D eigenvalue weighted by Crippen LogP contribution is 2.33. The Morgan fingerprint density at radius 2 is 2.25 bits per heavy atom. The maximum atomic E-state index is 13.9. The Hall–Kier alpha value is -1.88. The summed E-state index contributed by atoms with van der Waals surface area (Å²) in [6.45, 7) is 4.06. The van der Waals surface area contributed by atoms with Gasteiger partial charge in [-0.25, -0.2) is 4.39 Å². The molecule has 0 unspecified atom stereocenters. The second kappa shape index (κ2) is 6.05. The maximum Gasteiger partial charge on any atom is 0.257 e. The number of carbonyl (C=O) groups excluding carboxylic acids is 1. The Bertz CT molecular complexity index is 620. The maximum absolute atomic E-state index is 13.9. The molecule has 1 aromatic heterocycles. The molecule has 0 bridgehead atoms. The van der Waals surface area contributed by atoms with Crippen LogP contribution in [0.2, 0.25) is 5.02 Å². The second-order valence-electron chi connectivity index (χ2n) is 4.31. The quantitative estimate of drug-likeness (QED) is 0.938. The highest BCUT2D eigenvalue weighted by Gasteiger charge is 2.24. The molecule has 0 saturated carbocycles. The first-order valence-corrected chi connectivity index (χ1v) is 6.63. The van der Waals surface area contributed by atoms with Crippen molar-refractivity contribution in [2.45, 2.75) is 20.3 Å². The van der Waals surface area contributed by atoms with E-state index in [1.807, 2.05) is 6.92 Å². The Kier molecular flexibility index (Phi) is 4.39. The van der Waals surface area contributed by atoms with E-state index in [1.54, 1.807) is 6.92 Å². The molecule has 1 amide bonds. The van der Waals surface area contributed by atoms with E-state index in [4.69, 9.17) is 16.1 Å². The third-order valence-corrected chi connectivity index (χ3v) is 3.14. The lowest BCUT2D eigenvalue weighted by atomic mass is 10.0. The molecule has 20 heavy (non-hydrogen) atoms. The van der Waals surface area contributed by atoms with Crippen molar-refractivity contribution < 1.29 is 13.7 Å². The summed E-state index contributed by atoms with van der Waals surface area (Å²) in [7, 11) is 0. The van der Waals surface area contributed by atoms with Crippen LogP contribution in [0.25, 0.3) is 11.3 Å². The highest BCUT2D eigenvalue weighted by molar-refractivity contribution is 6.33. The van der Waals surface area contributed by atoms with Gasteiger partial charge in [-0.2, -0.15) is 0 Å². The van der Waals surface area contributed by atoms with Gasteiger partial charge in [0.15, 0.2) is 0 Å². The molecule has 0 radical (unpaired) electrons. The standard InChI is InChI=1S/C14H14ClFN2O2/c1-3-7-17-14(19)11-8(2)20-18-13(11)12-9(15)5-4-6-10(12)16/h4-6H,3,7H2,1-2H3,(H,17,19). The van der Waals surface area contributed by atoms with Gasteiger partial charge >= 0.3 is 0 Å². The second-order valence-corrected chi connectivity index (χ2v) is 4.72. The zero-order chi connectivity index (χ0) is 14.7. The summed E-state index contributed by atoms with van der Waals surface area (Å²) in [6, 6.07) is 4.29. The van der Waals surface area contributed by atoms with Crippen LogP contribution in [0.5, 0.6) is 0 Å². The fourth-order valence-corrected chi connectivity index (χ4v) is 2.11. The van der Waals surface area contributed by atoms with E-state index >= 15 is 0 Å². The third kappa shape index (κ3) is 2.67. The largest absolute Gasteiger partial charge is 0.360 e. The normalized spacial score (nSPS) is 10.6. The Morgan fingerprint density at radius 1 is 1.50 bits per heavy atom. The van der Waals surface area contributed by atoms with E-state index in [9.17, 15) is 9.18 Å². The molecule has 2 aromatic rings. The number of nitrogens with zero attached hydrogens (tertiary/aromatic N) is 1. The minimum absolute atomic E-state index is 0.0765. The summed E-state index contributed by atoms with van der Waals surface area (Å²) in [6.07, 6.45) is 0.797. The van der Waals surface area contributed by atoms with Gasteiger partial charge in [-0.1, -0.05) is 29.7 Å². The van der Waals surface area contributed by atoms with Crippen LogP contribution in [-0.2, 0) is 0 Å². The van der Waals surface area contributed by atoms with Crippen molar-refractivity contribution >= 4 is 17.5 Å². The van der Waals surface area contributed by atoms with Crippen molar-refractivity contribution in [2.24, 2.45) is 0 Å². The summed E-state index contributed by atoms with van der Waals surface area (Å²) in [5.74, 6) is -0.566. The summed E-state index contributed by atoms with van der Waals surface area (Å²) in [5, 5.41) is 6.68. The predicted octanol–water partition coefficient (Wildman–Crippen LogP) is 3.58. The van der Waals surface area contributed by atoms with E-state index in [-0.39, 0.29) is 27.8 Å². The van der Waals surface area contributed by atoms with Gasteiger partial charge in [-0.3, -0.25) is 4.79 Å². The van der Waals surface area contributed by atoms with E-state index in [0.29, 0.717) is 12.3 Å². The number of rotatable bonds is 4. The van der Waals surface area contributed by atoms with E-state index < -0.39 is 5.82 Å². The van der Waals surface area contributed by atoms with Crippen LogP contribution in [0.3, 0.4) is 0 Å². The molecule has 4 nitrogen and oxygen atoms in total. The molecule has 0 atom stereocenters. The molecule has 1 aromatic carbocycles. The lowest BCUT2D eigenvalue weighted by Crippen LogP contribution is -2.24. The number of hydrogen-bond acceptors (Lipinski definition) is 3. The van der Waals surface area contributed by atoms with Crippen LogP contribution < -0.4 is 5.32 Å². The minimum atomic E-state index is -0.546. The van der Waals surface area contributed by atoms with Gasteiger partial charge in [0.05, 0.1) is 10.6 Å². The third-order valence-electron chi connectivity index (χ3n) is 2.82. The average molecular weight is 297 g/mol. The van der Waals surface area contributed by atoms with Crippen molar-refractivity contribution in [2.75, 3.05) is 6.54 Å². The monoisotopic (exact) mass is 296 g/mol. The van der Waals surface area contributed by atoms with Gasteiger partial charge in [0.2, 0.25) is 0 Å². The Balaban J connectivity index is 2.51. The zero-order valence-corrected chi connectivity index (χ0v) is 11.9. The summed E-state index contributed by atoms with van der Waals surface area (Å²) >= 11 is 6.00. The fourth-order valence-electron chi connectivity index (χ4n) is 1.86. The van der Waals surface area contributed by atoms with Crippen molar-refractivity contribution in [1.82, 2.24) is 10.5 Å². The average Bonchev–Trinajstić information content (AvgIpc) is 2.78. The molecule has 0 aliphatic heterocycles. The van der Waals surface area contributed by atoms with E-state index in [1.165, 1.54) is 18.2 Å². The van der Waals surface area contributed by atoms with Gasteiger partial charge in [0, 0.05) is 6.54 Å². The van der Waals surface area contributed by atoms with Crippen LogP contribution in [-0.4, -0.2) is 17.6 Å². The Labute approximate surface area is 120 Å². The molecular weight excluding hydrogens is 283 g/mol. The molecule has 1 N–H and O–H groups in total. The topological polar surface area (TPSA) is 55.1 Å². The van der Waals surface area contributed by atoms with Gasteiger partial charge in [0.1, 0.15) is 22.8 Å². The molecule has 0 saturated heterocycles. The zero-order valence-electron chi connectivity index (χ0n) is 11.2. The SMILES string of the molecule is CCCNC(=O)c1c(-c2c(F)cccc2Cl)noc1C.